The van der Waals surface area contributed by atoms with Crippen LogP contribution in [0.15, 0.2) is 16.9 Å². The van der Waals surface area contributed by atoms with Crippen molar-refractivity contribution < 1.29 is 24.0 Å². The zero-order chi connectivity index (χ0) is 13.3. The molecule has 1 N–H and O–H groups in total. The van der Waals surface area contributed by atoms with Gasteiger partial charge in [0.15, 0.2) is 6.20 Å². The first-order valence-electron chi connectivity index (χ1n) is 5.32. The fourth-order valence-electron chi connectivity index (χ4n) is 1.50. The van der Waals surface area contributed by atoms with Gasteiger partial charge in [-0.25, -0.2) is 4.79 Å². The van der Waals surface area contributed by atoms with Crippen LogP contribution in [0.4, 0.5) is 4.79 Å². The minimum Gasteiger partial charge on any atom is -0.462 e. The van der Waals surface area contributed by atoms with E-state index in [-0.39, 0.29) is 12.2 Å². The van der Waals surface area contributed by atoms with E-state index in [0.29, 0.717) is 0 Å². The second-order valence-corrected chi connectivity index (χ2v) is 4.69. The highest BCUT2D eigenvalue weighted by Gasteiger charge is 2.51. The number of carbonyl (C=O) groups excluding carboxylic acids is 1. The molecule has 1 aliphatic heterocycles. The summed E-state index contributed by atoms with van der Waals surface area (Å²) in [6.07, 6.45) is 1.42. The van der Waals surface area contributed by atoms with E-state index in [1.807, 2.05) is 0 Å². The molecule has 1 atom stereocenters. The Bertz CT molecular complexity index is 406. The first-order chi connectivity index (χ1) is 7.74. The van der Waals surface area contributed by atoms with Gasteiger partial charge in [0.1, 0.15) is 17.3 Å². The monoisotopic (exact) mass is 241 g/mol. The average Bonchev–Trinajstić information content (AvgIpc) is 2.62. The molecule has 0 saturated carbocycles. The maximum absolute atomic E-state index is 11.5. The number of esters is 1. The van der Waals surface area contributed by atoms with Crippen LogP contribution in [-0.4, -0.2) is 40.1 Å². The van der Waals surface area contributed by atoms with Crippen LogP contribution < -0.4 is 0 Å². The highest BCUT2D eigenvalue weighted by atomic mass is 16.5. The third kappa shape index (κ3) is 2.21. The summed E-state index contributed by atoms with van der Waals surface area (Å²) in [6, 6.07) is 0. The van der Waals surface area contributed by atoms with E-state index in [0.717, 1.165) is 0 Å². The van der Waals surface area contributed by atoms with Gasteiger partial charge in [-0.05, 0) is 27.7 Å². The molecule has 6 heteroatoms. The van der Waals surface area contributed by atoms with Gasteiger partial charge < -0.3 is 9.84 Å². The second kappa shape index (κ2) is 4.29. The van der Waals surface area contributed by atoms with Gasteiger partial charge >= 0.3 is 12.1 Å². The molecule has 0 saturated heterocycles. The second-order valence-electron chi connectivity index (χ2n) is 4.69. The van der Waals surface area contributed by atoms with E-state index < -0.39 is 22.2 Å². The van der Waals surface area contributed by atoms with Gasteiger partial charge in [-0.1, -0.05) is 9.69 Å². The largest absolute Gasteiger partial charge is 0.546 e. The van der Waals surface area contributed by atoms with Crippen LogP contribution in [0.1, 0.15) is 27.7 Å². The molecule has 1 rings (SSSR count). The van der Waals surface area contributed by atoms with Crippen LogP contribution in [0.5, 0.6) is 0 Å². The van der Waals surface area contributed by atoms with Crippen molar-refractivity contribution in [1.82, 2.24) is 0 Å². The molecule has 0 radical (unpaired) electrons. The van der Waals surface area contributed by atoms with Gasteiger partial charge in [0.25, 0.3) is 0 Å². The fourth-order valence-corrected chi connectivity index (χ4v) is 1.50. The van der Waals surface area contributed by atoms with Crippen molar-refractivity contribution in [3.05, 3.63) is 11.8 Å². The predicted octanol–water partition coefficient (Wildman–Crippen LogP) is 1.73. The van der Waals surface area contributed by atoms with Crippen LogP contribution >= 0.6 is 0 Å². The van der Waals surface area contributed by atoms with Crippen LogP contribution in [0.2, 0.25) is 0 Å². The lowest BCUT2D eigenvalue weighted by Gasteiger charge is -2.32. The Morgan fingerprint density at radius 3 is 2.41 bits per heavy atom. The fraction of sp³-hybridized carbons (Fsp3) is 0.545. The number of quaternary nitrogens is 1. The van der Waals surface area contributed by atoms with E-state index >= 15 is 0 Å². The highest BCUT2D eigenvalue weighted by molar-refractivity contribution is 6.10. The Morgan fingerprint density at radius 2 is 2.06 bits per heavy atom. The van der Waals surface area contributed by atoms with Crippen molar-refractivity contribution in [3.8, 4) is 0 Å². The molecule has 0 fully saturated rings. The summed E-state index contributed by atoms with van der Waals surface area (Å²) in [5.41, 5.74) is -0.513. The molecule has 17 heavy (non-hydrogen) atoms. The Balaban J connectivity index is 3.13. The summed E-state index contributed by atoms with van der Waals surface area (Å²) >= 11 is 0. The molecular weight excluding hydrogens is 224 g/mol. The lowest BCUT2D eigenvalue weighted by molar-refractivity contribution is -0.859. The van der Waals surface area contributed by atoms with Gasteiger partial charge in [0, 0.05) is 0 Å². The Hall–Kier alpha value is -1.69. The Labute approximate surface area is 99.8 Å². The third-order valence-electron chi connectivity index (χ3n) is 2.53. The Morgan fingerprint density at radius 1 is 1.47 bits per heavy atom. The predicted molar refractivity (Wildman–Crippen MR) is 61.2 cm³/mol. The van der Waals surface area contributed by atoms with Crippen molar-refractivity contribution in [1.29, 1.82) is 0 Å². The highest BCUT2D eigenvalue weighted by Crippen LogP contribution is 2.31. The minimum absolute atomic E-state index is 0.171. The molecule has 0 aromatic carbocycles. The molecule has 1 unspecified atom stereocenters. The maximum Gasteiger partial charge on any atom is 0.546 e. The number of carbonyl (C=O) groups is 2. The van der Waals surface area contributed by atoms with Gasteiger partial charge in [0.2, 0.25) is 0 Å². The third-order valence-corrected chi connectivity index (χ3v) is 2.53. The van der Waals surface area contributed by atoms with E-state index in [1.54, 1.807) is 27.7 Å². The summed E-state index contributed by atoms with van der Waals surface area (Å²) in [7, 11) is 0. The van der Waals surface area contributed by atoms with Gasteiger partial charge in [-0.15, -0.1) is 0 Å². The molecule has 6 nitrogen and oxygen atoms in total. The number of hydrogen-bond donors (Lipinski definition) is 1. The number of rotatable bonds is 2. The molecule has 0 bridgehead atoms. The first kappa shape index (κ1) is 13.4. The molecular formula is C11H17N2O4+. The molecule has 1 aliphatic rings. The SMILES string of the molecule is CCOC(=O)C1=C[N+](C(=O)O)(C(C)(C)C)N=C1. The Kier molecular flexibility index (Phi) is 3.38. The van der Waals surface area contributed by atoms with Crippen LogP contribution in [0.3, 0.4) is 0 Å². The smallest absolute Gasteiger partial charge is 0.462 e. The molecule has 1 amide bonds. The standard InChI is InChI=1S/C11H16N2O4/c1-5-17-9(14)8-6-12-13(7-8,10(15)16)11(2,3)4/h6-7H,5H2,1-4H3/p+1. The summed E-state index contributed by atoms with van der Waals surface area (Å²) in [4.78, 5) is 22.9. The zero-order valence-corrected chi connectivity index (χ0v) is 10.4. The summed E-state index contributed by atoms with van der Waals surface area (Å²) < 4.78 is 4.16. The van der Waals surface area contributed by atoms with Crippen LogP contribution in [0.25, 0.3) is 0 Å². The summed E-state index contributed by atoms with van der Waals surface area (Å²) in [6.45, 7) is 7.15. The number of ether oxygens (including phenoxy) is 1. The number of amides is 1. The van der Waals surface area contributed by atoms with E-state index in [2.05, 4.69) is 5.10 Å². The van der Waals surface area contributed by atoms with Gasteiger partial charge in [-0.2, -0.15) is 4.79 Å². The van der Waals surface area contributed by atoms with Crippen molar-refractivity contribution in [2.75, 3.05) is 6.61 Å². The zero-order valence-electron chi connectivity index (χ0n) is 10.4. The van der Waals surface area contributed by atoms with Crippen LogP contribution in [-0.2, 0) is 9.53 Å². The van der Waals surface area contributed by atoms with Crippen molar-refractivity contribution in [2.45, 2.75) is 33.2 Å². The lowest BCUT2D eigenvalue weighted by Crippen LogP contribution is -2.54. The van der Waals surface area contributed by atoms with E-state index in [9.17, 15) is 14.7 Å². The molecule has 0 aromatic heterocycles. The number of carboxylic acid groups (broad SMARTS) is 1. The van der Waals surface area contributed by atoms with Crippen molar-refractivity contribution >= 4 is 18.3 Å². The quantitative estimate of drug-likeness (QED) is 0.590. The van der Waals surface area contributed by atoms with Gasteiger partial charge in [0.05, 0.1) is 6.61 Å². The van der Waals surface area contributed by atoms with E-state index in [1.165, 1.54) is 12.4 Å². The molecule has 0 aromatic rings. The lowest BCUT2D eigenvalue weighted by atomic mass is 10.1. The molecule has 1 heterocycles. The molecule has 0 aliphatic carbocycles. The molecule has 94 valence electrons. The topological polar surface area (TPSA) is 76.0 Å². The summed E-state index contributed by atoms with van der Waals surface area (Å²) in [5.74, 6) is -0.554. The average molecular weight is 241 g/mol. The van der Waals surface area contributed by atoms with Crippen molar-refractivity contribution in [2.24, 2.45) is 5.10 Å². The minimum atomic E-state index is -1.13. The van der Waals surface area contributed by atoms with Crippen LogP contribution in [0, 0.1) is 0 Å². The maximum atomic E-state index is 11.5. The number of hydrogen-bond acceptors (Lipinski definition) is 4. The normalized spacial score (nSPS) is 23.4. The van der Waals surface area contributed by atoms with Gasteiger partial charge in [-0.3, -0.25) is 0 Å². The number of nitrogens with zero attached hydrogens (tertiary/aromatic N) is 2. The van der Waals surface area contributed by atoms with E-state index in [4.69, 9.17) is 4.74 Å². The summed E-state index contributed by atoms with van der Waals surface area (Å²) in [5, 5.41) is 13.2. The first-order valence-corrected chi connectivity index (χ1v) is 5.32. The molecule has 0 spiro atoms. The van der Waals surface area contributed by atoms with Crippen molar-refractivity contribution in [3.63, 3.8) is 0 Å².